The summed E-state index contributed by atoms with van der Waals surface area (Å²) in [6, 6.07) is 8.03. The van der Waals surface area contributed by atoms with Crippen molar-refractivity contribution in [2.45, 2.75) is 39.8 Å². The molecule has 5 nitrogen and oxygen atoms in total. The highest BCUT2D eigenvalue weighted by atomic mass is 16.5. The van der Waals surface area contributed by atoms with Gasteiger partial charge >= 0.3 is 0 Å². The van der Waals surface area contributed by atoms with Crippen molar-refractivity contribution >= 4 is 0 Å². The number of aromatic nitrogens is 2. The number of benzene rings is 1. The molecule has 0 radical (unpaired) electrons. The van der Waals surface area contributed by atoms with Crippen LogP contribution >= 0.6 is 0 Å². The number of aryl methyl sites for hydroxylation is 1. The van der Waals surface area contributed by atoms with E-state index >= 15 is 0 Å². The summed E-state index contributed by atoms with van der Waals surface area (Å²) in [6.07, 6.45) is 1.91. The van der Waals surface area contributed by atoms with Crippen molar-refractivity contribution in [1.82, 2.24) is 15.5 Å². The smallest absolute Gasteiger partial charge is 0.264 e. The Morgan fingerprint density at radius 2 is 2.00 bits per heavy atom. The molecule has 0 amide bonds. The van der Waals surface area contributed by atoms with Crippen molar-refractivity contribution in [3.05, 3.63) is 41.5 Å². The van der Waals surface area contributed by atoms with Gasteiger partial charge in [-0.05, 0) is 30.7 Å². The first-order valence-electron chi connectivity index (χ1n) is 7.05. The van der Waals surface area contributed by atoms with E-state index in [-0.39, 0.29) is 0 Å². The summed E-state index contributed by atoms with van der Waals surface area (Å²) < 4.78 is 10.7. The van der Waals surface area contributed by atoms with Gasteiger partial charge in [-0.1, -0.05) is 31.1 Å². The van der Waals surface area contributed by atoms with E-state index < -0.39 is 0 Å². The third-order valence-corrected chi connectivity index (χ3v) is 2.87. The molecule has 2 rings (SSSR count). The molecule has 1 N–H and O–H groups in total. The van der Waals surface area contributed by atoms with Crippen LogP contribution in [0.5, 0.6) is 5.75 Å². The summed E-state index contributed by atoms with van der Waals surface area (Å²) >= 11 is 0. The van der Waals surface area contributed by atoms with Gasteiger partial charge < -0.3 is 14.6 Å². The van der Waals surface area contributed by atoms with Crippen molar-refractivity contribution < 1.29 is 9.26 Å². The van der Waals surface area contributed by atoms with Crippen molar-refractivity contribution in [2.24, 2.45) is 0 Å². The number of ether oxygens (including phenoxy) is 1. The lowest BCUT2D eigenvalue weighted by molar-refractivity contribution is 0.242. The SMILES string of the molecule is CCCNCc1ccc(OCc2nc(CC)no2)cc1. The van der Waals surface area contributed by atoms with Crippen LogP contribution in [0, 0.1) is 0 Å². The van der Waals surface area contributed by atoms with Crippen LogP contribution in [0.1, 0.15) is 37.5 Å². The highest BCUT2D eigenvalue weighted by Crippen LogP contribution is 2.13. The first-order chi connectivity index (χ1) is 9.81. The number of nitrogens with one attached hydrogen (secondary N) is 1. The molecule has 0 unspecified atom stereocenters. The normalized spacial score (nSPS) is 10.7. The minimum absolute atomic E-state index is 0.306. The summed E-state index contributed by atoms with van der Waals surface area (Å²) in [6.45, 7) is 6.37. The van der Waals surface area contributed by atoms with Crippen molar-refractivity contribution in [3.63, 3.8) is 0 Å². The van der Waals surface area contributed by atoms with Gasteiger partial charge in [0.05, 0.1) is 0 Å². The van der Waals surface area contributed by atoms with Crippen LogP contribution in [0.4, 0.5) is 0 Å². The molecule has 1 aromatic carbocycles. The van der Waals surface area contributed by atoms with E-state index in [1.54, 1.807) is 0 Å². The molecule has 1 aromatic heterocycles. The summed E-state index contributed by atoms with van der Waals surface area (Å²) in [7, 11) is 0. The molecule has 0 aliphatic heterocycles. The molecule has 108 valence electrons. The second-order valence-corrected chi connectivity index (χ2v) is 4.57. The van der Waals surface area contributed by atoms with E-state index in [9.17, 15) is 0 Å². The summed E-state index contributed by atoms with van der Waals surface area (Å²) in [4.78, 5) is 4.20. The van der Waals surface area contributed by atoms with E-state index in [0.717, 1.165) is 31.7 Å². The van der Waals surface area contributed by atoms with Crippen molar-refractivity contribution in [3.8, 4) is 5.75 Å². The molecule has 0 atom stereocenters. The summed E-state index contributed by atoms with van der Waals surface area (Å²) in [5.74, 6) is 2.02. The van der Waals surface area contributed by atoms with Crippen LogP contribution < -0.4 is 10.1 Å². The molecule has 0 aliphatic carbocycles. The van der Waals surface area contributed by atoms with Crippen LogP contribution in [-0.4, -0.2) is 16.7 Å². The summed E-state index contributed by atoms with van der Waals surface area (Å²) in [5.41, 5.74) is 1.25. The maximum atomic E-state index is 5.61. The lowest BCUT2D eigenvalue weighted by Crippen LogP contribution is -2.13. The van der Waals surface area contributed by atoms with Gasteiger partial charge in [0.25, 0.3) is 5.89 Å². The fourth-order valence-electron chi connectivity index (χ4n) is 1.75. The minimum Gasteiger partial charge on any atom is -0.484 e. The number of hydrogen-bond acceptors (Lipinski definition) is 5. The van der Waals surface area contributed by atoms with Gasteiger partial charge in [0.15, 0.2) is 12.4 Å². The van der Waals surface area contributed by atoms with Crippen LogP contribution in [0.15, 0.2) is 28.8 Å². The average Bonchev–Trinajstić information content (AvgIpc) is 2.95. The first-order valence-corrected chi connectivity index (χ1v) is 7.05. The maximum absolute atomic E-state index is 5.61. The molecule has 0 saturated carbocycles. The fraction of sp³-hybridized carbons (Fsp3) is 0.467. The quantitative estimate of drug-likeness (QED) is 0.751. The second-order valence-electron chi connectivity index (χ2n) is 4.57. The Morgan fingerprint density at radius 3 is 2.65 bits per heavy atom. The highest BCUT2D eigenvalue weighted by molar-refractivity contribution is 5.27. The van der Waals surface area contributed by atoms with Gasteiger partial charge in [-0.15, -0.1) is 0 Å². The molecule has 20 heavy (non-hydrogen) atoms. The number of rotatable bonds is 8. The number of hydrogen-bond donors (Lipinski definition) is 1. The van der Waals surface area contributed by atoms with Crippen LogP contribution in [-0.2, 0) is 19.6 Å². The molecule has 0 bridgehead atoms. The Kier molecular flexibility index (Phi) is 5.55. The van der Waals surface area contributed by atoms with Crippen molar-refractivity contribution in [2.75, 3.05) is 6.54 Å². The van der Waals surface area contributed by atoms with E-state index in [4.69, 9.17) is 9.26 Å². The predicted octanol–water partition coefficient (Wildman–Crippen LogP) is 2.71. The molecule has 1 heterocycles. The number of nitrogens with zero attached hydrogens (tertiary/aromatic N) is 2. The standard InChI is InChI=1S/C15H21N3O2/c1-3-9-16-10-12-5-7-13(8-6-12)19-11-15-17-14(4-2)18-20-15/h5-8,16H,3-4,9-11H2,1-2H3. The zero-order valence-corrected chi connectivity index (χ0v) is 12.1. The molecular weight excluding hydrogens is 254 g/mol. The Hall–Kier alpha value is -1.88. The van der Waals surface area contributed by atoms with Gasteiger partial charge in [-0.2, -0.15) is 4.98 Å². The van der Waals surface area contributed by atoms with Gasteiger partial charge in [-0.25, -0.2) is 0 Å². The Morgan fingerprint density at radius 1 is 1.20 bits per heavy atom. The third kappa shape index (κ3) is 4.35. The molecule has 2 aromatic rings. The van der Waals surface area contributed by atoms with Crippen molar-refractivity contribution in [1.29, 1.82) is 0 Å². The molecule has 5 heteroatoms. The lowest BCUT2D eigenvalue weighted by Gasteiger charge is -2.06. The largest absolute Gasteiger partial charge is 0.484 e. The maximum Gasteiger partial charge on any atom is 0.264 e. The van der Waals surface area contributed by atoms with E-state index in [0.29, 0.717) is 18.3 Å². The van der Waals surface area contributed by atoms with Gasteiger partial charge in [0, 0.05) is 13.0 Å². The minimum atomic E-state index is 0.306. The molecule has 0 saturated heterocycles. The van der Waals surface area contributed by atoms with E-state index in [1.807, 2.05) is 19.1 Å². The fourth-order valence-corrected chi connectivity index (χ4v) is 1.75. The van der Waals surface area contributed by atoms with Crippen LogP contribution in [0.2, 0.25) is 0 Å². The molecular formula is C15H21N3O2. The average molecular weight is 275 g/mol. The van der Waals surface area contributed by atoms with Gasteiger partial charge in [0.1, 0.15) is 5.75 Å². The third-order valence-electron chi connectivity index (χ3n) is 2.87. The topological polar surface area (TPSA) is 60.2 Å². The Labute approximate surface area is 119 Å². The monoisotopic (exact) mass is 275 g/mol. The zero-order valence-electron chi connectivity index (χ0n) is 12.1. The zero-order chi connectivity index (χ0) is 14.2. The second kappa shape index (κ2) is 7.65. The highest BCUT2D eigenvalue weighted by Gasteiger charge is 2.05. The predicted molar refractivity (Wildman–Crippen MR) is 76.4 cm³/mol. The first kappa shape index (κ1) is 14.5. The Bertz CT molecular complexity index is 508. The Balaban J connectivity index is 1.81. The summed E-state index contributed by atoms with van der Waals surface area (Å²) in [5, 5.41) is 7.19. The van der Waals surface area contributed by atoms with Crippen LogP contribution in [0.3, 0.4) is 0 Å². The molecule has 0 fully saturated rings. The van der Waals surface area contributed by atoms with Gasteiger partial charge in [0.2, 0.25) is 0 Å². The van der Waals surface area contributed by atoms with Crippen LogP contribution in [0.25, 0.3) is 0 Å². The molecule has 0 aliphatic rings. The lowest BCUT2D eigenvalue weighted by atomic mass is 10.2. The van der Waals surface area contributed by atoms with E-state index in [2.05, 4.69) is 34.5 Å². The molecule has 0 spiro atoms. The van der Waals surface area contributed by atoms with E-state index in [1.165, 1.54) is 5.56 Å². The van der Waals surface area contributed by atoms with Gasteiger partial charge in [-0.3, -0.25) is 0 Å².